The highest BCUT2D eigenvalue weighted by Gasteiger charge is 2.01. The molecule has 1 rings (SSSR count). The van der Waals surface area contributed by atoms with E-state index < -0.39 is 0 Å². The van der Waals surface area contributed by atoms with Crippen molar-refractivity contribution in [3.8, 4) is 5.75 Å². The summed E-state index contributed by atoms with van der Waals surface area (Å²) in [6.45, 7) is 6.73. The largest absolute Gasteiger partial charge is 0.494 e. The van der Waals surface area contributed by atoms with Gasteiger partial charge in [0.2, 0.25) is 0 Å². The van der Waals surface area contributed by atoms with Gasteiger partial charge in [0, 0.05) is 19.7 Å². The van der Waals surface area contributed by atoms with E-state index in [-0.39, 0.29) is 0 Å². The first-order valence-corrected chi connectivity index (χ1v) is 7.20. The fourth-order valence-electron chi connectivity index (χ4n) is 1.85. The lowest BCUT2D eigenvalue weighted by atomic mass is 10.2. The maximum atomic E-state index is 5.69. The lowest BCUT2D eigenvalue weighted by molar-refractivity contribution is 0.171. The van der Waals surface area contributed by atoms with Gasteiger partial charge in [-0.3, -0.25) is 0 Å². The van der Waals surface area contributed by atoms with Crippen molar-refractivity contribution in [2.45, 2.75) is 45.7 Å². The van der Waals surface area contributed by atoms with Crippen LogP contribution in [-0.4, -0.2) is 26.4 Å². The molecule has 0 heterocycles. The third-order valence-electron chi connectivity index (χ3n) is 3.01. The van der Waals surface area contributed by atoms with Crippen LogP contribution in [0.5, 0.6) is 5.75 Å². The predicted octanol–water partition coefficient (Wildman–Crippen LogP) is 3.38. The topological polar surface area (TPSA) is 30.5 Å². The second-order valence-corrected chi connectivity index (χ2v) is 4.94. The first-order valence-electron chi connectivity index (χ1n) is 7.20. The Hall–Kier alpha value is -1.06. The molecule has 1 atom stereocenters. The summed E-state index contributed by atoms with van der Waals surface area (Å²) in [7, 11) is 1.73. The summed E-state index contributed by atoms with van der Waals surface area (Å²) in [5.74, 6) is 0.963. The number of methoxy groups -OCH3 is 1. The summed E-state index contributed by atoms with van der Waals surface area (Å²) in [5.41, 5.74) is 1.27. The Morgan fingerprint density at radius 1 is 1.16 bits per heavy atom. The molecule has 0 aliphatic heterocycles. The van der Waals surface area contributed by atoms with Gasteiger partial charge in [0.25, 0.3) is 0 Å². The predicted molar refractivity (Wildman–Crippen MR) is 79.6 cm³/mol. The Kier molecular flexibility index (Phi) is 8.26. The van der Waals surface area contributed by atoms with E-state index in [1.165, 1.54) is 18.4 Å². The standard InChI is InChI=1S/C16H27NO2/c1-4-5-6-11-19-16-9-7-15(8-10-16)12-17-14(2)13-18-3/h7-10,14,17H,4-6,11-13H2,1-3H3. The number of unbranched alkanes of at least 4 members (excludes halogenated alkanes) is 2. The summed E-state index contributed by atoms with van der Waals surface area (Å²) < 4.78 is 10.8. The van der Waals surface area contributed by atoms with Crippen LogP contribution >= 0.6 is 0 Å². The van der Waals surface area contributed by atoms with Crippen molar-refractivity contribution in [1.82, 2.24) is 5.32 Å². The number of rotatable bonds is 10. The molecule has 3 heteroatoms. The van der Waals surface area contributed by atoms with Crippen LogP contribution in [0.4, 0.5) is 0 Å². The molecule has 108 valence electrons. The van der Waals surface area contributed by atoms with Gasteiger partial charge in [-0.15, -0.1) is 0 Å². The van der Waals surface area contributed by atoms with E-state index in [1.54, 1.807) is 7.11 Å². The van der Waals surface area contributed by atoms with Crippen LogP contribution < -0.4 is 10.1 Å². The van der Waals surface area contributed by atoms with E-state index in [9.17, 15) is 0 Å². The Bertz CT molecular complexity index is 324. The molecule has 0 radical (unpaired) electrons. The molecule has 0 fully saturated rings. The third kappa shape index (κ3) is 7.19. The Morgan fingerprint density at radius 2 is 1.89 bits per heavy atom. The second kappa shape index (κ2) is 9.82. The Labute approximate surface area is 117 Å². The fourth-order valence-corrected chi connectivity index (χ4v) is 1.85. The van der Waals surface area contributed by atoms with Crippen LogP contribution in [0.2, 0.25) is 0 Å². The molecule has 1 aromatic carbocycles. The van der Waals surface area contributed by atoms with E-state index in [4.69, 9.17) is 9.47 Å². The summed E-state index contributed by atoms with van der Waals surface area (Å²) in [4.78, 5) is 0. The van der Waals surface area contributed by atoms with Crippen molar-refractivity contribution >= 4 is 0 Å². The van der Waals surface area contributed by atoms with Gasteiger partial charge in [0.1, 0.15) is 5.75 Å². The van der Waals surface area contributed by atoms with Crippen molar-refractivity contribution < 1.29 is 9.47 Å². The molecule has 1 aromatic rings. The zero-order valence-electron chi connectivity index (χ0n) is 12.4. The van der Waals surface area contributed by atoms with Gasteiger partial charge in [-0.1, -0.05) is 31.9 Å². The monoisotopic (exact) mass is 265 g/mol. The van der Waals surface area contributed by atoms with Gasteiger partial charge in [-0.25, -0.2) is 0 Å². The van der Waals surface area contributed by atoms with Gasteiger partial charge in [-0.05, 0) is 31.0 Å². The number of ether oxygens (including phenoxy) is 2. The van der Waals surface area contributed by atoms with Crippen LogP contribution in [-0.2, 0) is 11.3 Å². The van der Waals surface area contributed by atoms with Gasteiger partial charge in [0.05, 0.1) is 13.2 Å². The van der Waals surface area contributed by atoms with Crippen molar-refractivity contribution in [3.05, 3.63) is 29.8 Å². The quantitative estimate of drug-likeness (QED) is 0.658. The minimum atomic E-state index is 0.370. The minimum absolute atomic E-state index is 0.370. The van der Waals surface area contributed by atoms with Crippen LogP contribution in [0, 0.1) is 0 Å². The van der Waals surface area contributed by atoms with Crippen molar-refractivity contribution in [3.63, 3.8) is 0 Å². The van der Waals surface area contributed by atoms with E-state index in [2.05, 4.69) is 31.3 Å². The summed E-state index contributed by atoms with van der Waals surface area (Å²) in [5, 5.41) is 3.41. The van der Waals surface area contributed by atoms with Gasteiger partial charge < -0.3 is 14.8 Å². The highest BCUT2D eigenvalue weighted by Crippen LogP contribution is 2.13. The molecule has 0 aliphatic carbocycles. The van der Waals surface area contributed by atoms with Crippen LogP contribution in [0.1, 0.15) is 38.7 Å². The van der Waals surface area contributed by atoms with Gasteiger partial charge in [-0.2, -0.15) is 0 Å². The Morgan fingerprint density at radius 3 is 2.53 bits per heavy atom. The molecule has 1 unspecified atom stereocenters. The smallest absolute Gasteiger partial charge is 0.119 e. The van der Waals surface area contributed by atoms with E-state index >= 15 is 0 Å². The number of hydrogen-bond acceptors (Lipinski definition) is 3. The molecule has 3 nitrogen and oxygen atoms in total. The Balaban J connectivity index is 2.27. The lowest BCUT2D eigenvalue weighted by Crippen LogP contribution is -2.29. The summed E-state index contributed by atoms with van der Waals surface area (Å²) >= 11 is 0. The maximum absolute atomic E-state index is 5.69. The summed E-state index contributed by atoms with van der Waals surface area (Å²) in [6, 6.07) is 8.69. The molecule has 0 spiro atoms. The first-order chi connectivity index (χ1) is 9.26. The molecular formula is C16H27NO2. The van der Waals surface area contributed by atoms with Gasteiger partial charge >= 0.3 is 0 Å². The molecule has 0 saturated carbocycles. The molecular weight excluding hydrogens is 238 g/mol. The number of benzene rings is 1. The minimum Gasteiger partial charge on any atom is -0.494 e. The molecule has 0 aliphatic rings. The van der Waals surface area contributed by atoms with Crippen molar-refractivity contribution in [1.29, 1.82) is 0 Å². The van der Waals surface area contributed by atoms with E-state index in [0.29, 0.717) is 6.04 Å². The van der Waals surface area contributed by atoms with Crippen LogP contribution in [0.25, 0.3) is 0 Å². The summed E-state index contributed by atoms with van der Waals surface area (Å²) in [6.07, 6.45) is 3.60. The molecule has 0 saturated heterocycles. The average Bonchev–Trinajstić information content (AvgIpc) is 2.43. The highest BCUT2D eigenvalue weighted by atomic mass is 16.5. The van der Waals surface area contributed by atoms with E-state index in [1.807, 2.05) is 12.1 Å². The van der Waals surface area contributed by atoms with E-state index in [0.717, 1.165) is 31.9 Å². The third-order valence-corrected chi connectivity index (χ3v) is 3.01. The molecule has 0 aromatic heterocycles. The lowest BCUT2D eigenvalue weighted by Gasteiger charge is -2.13. The van der Waals surface area contributed by atoms with Crippen LogP contribution in [0.3, 0.4) is 0 Å². The molecule has 0 amide bonds. The van der Waals surface area contributed by atoms with Gasteiger partial charge in [0.15, 0.2) is 0 Å². The number of hydrogen-bond donors (Lipinski definition) is 1. The zero-order chi connectivity index (χ0) is 13.9. The molecule has 0 bridgehead atoms. The maximum Gasteiger partial charge on any atom is 0.119 e. The normalized spacial score (nSPS) is 12.4. The van der Waals surface area contributed by atoms with Crippen molar-refractivity contribution in [2.24, 2.45) is 0 Å². The zero-order valence-corrected chi connectivity index (χ0v) is 12.4. The first kappa shape index (κ1) is 16.0. The van der Waals surface area contributed by atoms with Crippen molar-refractivity contribution in [2.75, 3.05) is 20.3 Å². The SMILES string of the molecule is CCCCCOc1ccc(CNC(C)COC)cc1. The fraction of sp³-hybridized carbons (Fsp3) is 0.625. The molecule has 19 heavy (non-hydrogen) atoms. The average molecular weight is 265 g/mol. The number of nitrogens with one attached hydrogen (secondary N) is 1. The van der Waals surface area contributed by atoms with Crippen LogP contribution in [0.15, 0.2) is 24.3 Å². The highest BCUT2D eigenvalue weighted by molar-refractivity contribution is 5.27. The second-order valence-electron chi connectivity index (χ2n) is 4.94. The molecule has 1 N–H and O–H groups in total.